The summed E-state index contributed by atoms with van der Waals surface area (Å²) in [7, 11) is 3.71. The van der Waals surface area contributed by atoms with E-state index in [1.165, 1.54) is 0 Å². The van der Waals surface area contributed by atoms with Crippen LogP contribution in [0, 0.1) is 0 Å². The molecule has 0 aliphatic rings. The lowest BCUT2D eigenvalue weighted by Crippen LogP contribution is -2.30. The van der Waals surface area contributed by atoms with Crippen molar-refractivity contribution in [2.45, 2.75) is 26.7 Å². The third-order valence-electron chi connectivity index (χ3n) is 5.43. The molecule has 0 spiro atoms. The van der Waals surface area contributed by atoms with Crippen LogP contribution in [0.3, 0.4) is 0 Å². The predicted molar refractivity (Wildman–Crippen MR) is 137 cm³/mol. The number of ether oxygens (including phenoxy) is 2. The summed E-state index contributed by atoms with van der Waals surface area (Å²) in [5.41, 5.74) is 3.92. The zero-order valence-electron chi connectivity index (χ0n) is 20.3. The van der Waals surface area contributed by atoms with Crippen LogP contribution in [0.25, 0.3) is 24.3 Å². The molecule has 0 aliphatic carbocycles. The van der Waals surface area contributed by atoms with Crippen molar-refractivity contribution in [3.8, 4) is 11.5 Å². The van der Waals surface area contributed by atoms with Gasteiger partial charge in [0, 0.05) is 37.1 Å². The minimum Gasteiger partial charge on any atom is -0.496 e. The fraction of sp³-hybridized carbons (Fsp3) is 0.370. The first-order valence-corrected chi connectivity index (χ1v) is 11.7. The van der Waals surface area contributed by atoms with Crippen molar-refractivity contribution in [1.29, 1.82) is 0 Å². The van der Waals surface area contributed by atoms with E-state index in [2.05, 4.69) is 45.7 Å². The largest absolute Gasteiger partial charge is 0.496 e. The van der Waals surface area contributed by atoms with Gasteiger partial charge in [0.15, 0.2) is 0 Å². The van der Waals surface area contributed by atoms with Gasteiger partial charge in [0.05, 0.1) is 18.5 Å². The maximum Gasteiger partial charge on any atom is 0.129 e. The zero-order valence-corrected chi connectivity index (χ0v) is 20.3. The number of aromatic amines is 1. The third-order valence-corrected chi connectivity index (χ3v) is 5.43. The topological polar surface area (TPSA) is 55.3 Å². The molecule has 0 fully saturated rings. The average molecular weight is 449 g/mol. The number of hydrogen-bond donors (Lipinski definition) is 1. The molecule has 1 aromatic carbocycles. The highest BCUT2D eigenvalue weighted by atomic mass is 16.5. The number of hydrogen-bond acceptors (Lipinski definition) is 4. The van der Waals surface area contributed by atoms with Gasteiger partial charge in [0.2, 0.25) is 0 Å². The van der Waals surface area contributed by atoms with E-state index in [0.717, 1.165) is 66.6 Å². The van der Waals surface area contributed by atoms with Crippen LogP contribution in [0.4, 0.5) is 0 Å². The first-order valence-electron chi connectivity index (χ1n) is 11.7. The highest BCUT2D eigenvalue weighted by Crippen LogP contribution is 2.26. The van der Waals surface area contributed by atoms with Crippen molar-refractivity contribution in [2.75, 3.05) is 33.4 Å². The molecule has 6 heteroatoms. The van der Waals surface area contributed by atoms with Crippen molar-refractivity contribution in [2.24, 2.45) is 7.05 Å². The van der Waals surface area contributed by atoms with Crippen LogP contribution in [-0.4, -0.2) is 53.0 Å². The van der Waals surface area contributed by atoms with Gasteiger partial charge in [-0.15, -0.1) is 0 Å². The Morgan fingerprint density at radius 2 is 1.82 bits per heavy atom. The van der Waals surface area contributed by atoms with Crippen LogP contribution in [0.15, 0.2) is 42.6 Å². The Hall–Kier alpha value is -3.25. The van der Waals surface area contributed by atoms with E-state index in [1.54, 1.807) is 7.11 Å². The van der Waals surface area contributed by atoms with Crippen LogP contribution in [0.5, 0.6) is 11.5 Å². The molecule has 6 nitrogen and oxygen atoms in total. The first-order chi connectivity index (χ1) is 16.1. The summed E-state index contributed by atoms with van der Waals surface area (Å²) in [5.74, 6) is 1.60. The number of aromatic nitrogens is 3. The minimum absolute atomic E-state index is 0.671. The van der Waals surface area contributed by atoms with Gasteiger partial charge in [-0.1, -0.05) is 13.8 Å². The Bertz CT molecular complexity index is 1040. The molecule has 3 rings (SSSR count). The number of aryl methyl sites for hydroxylation is 1. The van der Waals surface area contributed by atoms with Crippen LogP contribution >= 0.6 is 0 Å². The second-order valence-electron chi connectivity index (χ2n) is 8.05. The molecule has 0 saturated heterocycles. The van der Waals surface area contributed by atoms with E-state index in [1.807, 2.05) is 61.8 Å². The summed E-state index contributed by atoms with van der Waals surface area (Å²) in [4.78, 5) is 2.45. The van der Waals surface area contributed by atoms with Crippen LogP contribution in [0.1, 0.15) is 49.3 Å². The second kappa shape index (κ2) is 12.7. The molecule has 0 aliphatic heterocycles. The standard InChI is InChI=1S/C27H36N4O2/c1-5-15-31(16-6-2)18-19-33-26-14-10-22(27(21-26)32-4)9-11-23-20-24(29-28-23)12-13-25-8-7-17-30(25)3/h7-14,17,20-21H,5-6,15-16,18-19H2,1-4H3,(H,28,29)/b11-9+,13-12+. The predicted octanol–water partition coefficient (Wildman–Crippen LogP) is 5.60. The lowest BCUT2D eigenvalue weighted by molar-refractivity contribution is 0.208. The lowest BCUT2D eigenvalue weighted by atomic mass is 10.1. The summed E-state index contributed by atoms with van der Waals surface area (Å²) >= 11 is 0. The van der Waals surface area contributed by atoms with Crippen molar-refractivity contribution < 1.29 is 9.47 Å². The summed E-state index contributed by atoms with van der Waals surface area (Å²) in [6, 6.07) is 12.1. The maximum absolute atomic E-state index is 5.99. The van der Waals surface area contributed by atoms with Gasteiger partial charge < -0.3 is 14.0 Å². The Labute approximate surface area is 197 Å². The van der Waals surface area contributed by atoms with E-state index in [0.29, 0.717) is 6.61 Å². The Morgan fingerprint density at radius 3 is 2.52 bits per heavy atom. The number of nitrogens with one attached hydrogen (secondary N) is 1. The quantitative estimate of drug-likeness (QED) is 0.370. The van der Waals surface area contributed by atoms with Gasteiger partial charge in [0.1, 0.15) is 18.1 Å². The van der Waals surface area contributed by atoms with Crippen molar-refractivity contribution >= 4 is 24.3 Å². The lowest BCUT2D eigenvalue weighted by Gasteiger charge is -2.21. The molecular formula is C27H36N4O2. The summed E-state index contributed by atoms with van der Waals surface area (Å²) in [6.45, 7) is 8.26. The summed E-state index contributed by atoms with van der Waals surface area (Å²) in [6.07, 6.45) is 12.4. The molecule has 33 heavy (non-hydrogen) atoms. The van der Waals surface area contributed by atoms with Gasteiger partial charge in [0.25, 0.3) is 0 Å². The summed E-state index contributed by atoms with van der Waals surface area (Å²) < 4.78 is 13.6. The van der Waals surface area contributed by atoms with Gasteiger partial charge >= 0.3 is 0 Å². The maximum atomic E-state index is 5.99. The Kier molecular flexibility index (Phi) is 9.39. The molecule has 2 aromatic heterocycles. The molecule has 1 N–H and O–H groups in total. The van der Waals surface area contributed by atoms with Crippen LogP contribution in [0.2, 0.25) is 0 Å². The first kappa shape index (κ1) is 24.4. The van der Waals surface area contributed by atoms with Crippen molar-refractivity contribution in [3.63, 3.8) is 0 Å². The summed E-state index contributed by atoms with van der Waals surface area (Å²) in [5, 5.41) is 7.43. The number of methoxy groups -OCH3 is 1. The van der Waals surface area contributed by atoms with E-state index in [-0.39, 0.29) is 0 Å². The molecule has 0 unspecified atom stereocenters. The molecule has 0 atom stereocenters. The van der Waals surface area contributed by atoms with Gasteiger partial charge in [-0.05, 0) is 80.6 Å². The SMILES string of the molecule is CCCN(CCC)CCOc1ccc(/C=C/c2cc(/C=C/c3cccn3C)[nH]n2)c(OC)c1. The highest BCUT2D eigenvalue weighted by Gasteiger charge is 2.06. The fourth-order valence-electron chi connectivity index (χ4n) is 3.70. The normalized spacial score (nSPS) is 11.8. The number of rotatable bonds is 13. The zero-order chi connectivity index (χ0) is 23.5. The monoisotopic (exact) mass is 448 g/mol. The molecule has 176 valence electrons. The smallest absolute Gasteiger partial charge is 0.129 e. The van der Waals surface area contributed by atoms with Crippen LogP contribution < -0.4 is 9.47 Å². The molecule has 2 heterocycles. The van der Waals surface area contributed by atoms with E-state index in [9.17, 15) is 0 Å². The van der Waals surface area contributed by atoms with Gasteiger partial charge in [-0.25, -0.2) is 0 Å². The number of benzene rings is 1. The molecule has 0 bridgehead atoms. The molecule has 0 saturated carbocycles. The Balaban J connectivity index is 1.59. The minimum atomic E-state index is 0.671. The van der Waals surface area contributed by atoms with Crippen molar-refractivity contribution in [1.82, 2.24) is 19.7 Å². The van der Waals surface area contributed by atoms with E-state index in [4.69, 9.17) is 9.47 Å². The fourth-order valence-corrected chi connectivity index (χ4v) is 3.70. The average Bonchev–Trinajstić information content (AvgIpc) is 3.45. The third kappa shape index (κ3) is 7.39. The molecular weight excluding hydrogens is 412 g/mol. The highest BCUT2D eigenvalue weighted by molar-refractivity contribution is 5.73. The molecule has 3 aromatic rings. The number of H-pyrrole nitrogens is 1. The number of nitrogens with zero attached hydrogens (tertiary/aromatic N) is 3. The molecule has 0 amide bonds. The van der Waals surface area contributed by atoms with E-state index >= 15 is 0 Å². The molecule has 0 radical (unpaired) electrons. The van der Waals surface area contributed by atoms with Crippen LogP contribution in [-0.2, 0) is 7.05 Å². The van der Waals surface area contributed by atoms with Gasteiger partial charge in [-0.2, -0.15) is 5.10 Å². The van der Waals surface area contributed by atoms with Crippen molar-refractivity contribution in [3.05, 3.63) is 65.2 Å². The van der Waals surface area contributed by atoms with Gasteiger partial charge in [-0.3, -0.25) is 10.00 Å². The van der Waals surface area contributed by atoms with E-state index < -0.39 is 0 Å². The second-order valence-corrected chi connectivity index (χ2v) is 8.05. The Morgan fingerprint density at radius 1 is 1.00 bits per heavy atom.